The molecule has 1 aromatic rings. The summed E-state index contributed by atoms with van der Waals surface area (Å²) in [7, 11) is 0. The molecule has 0 aliphatic carbocycles. The van der Waals surface area contributed by atoms with Gasteiger partial charge in [-0.3, -0.25) is 0 Å². The normalized spacial score (nSPS) is 10.5. The first-order valence-electron chi connectivity index (χ1n) is 8.41. The minimum absolute atomic E-state index is 0. The van der Waals surface area contributed by atoms with E-state index in [1.165, 1.54) is 77.3 Å². The summed E-state index contributed by atoms with van der Waals surface area (Å²) in [5, 5.41) is 0. The van der Waals surface area contributed by atoms with Crippen LogP contribution in [0.15, 0.2) is 18.7 Å². The maximum Gasteiger partial charge on any atom is 0.243 e. The van der Waals surface area contributed by atoms with Crippen molar-refractivity contribution >= 4 is 0 Å². The van der Waals surface area contributed by atoms with Crippen molar-refractivity contribution in [3.63, 3.8) is 0 Å². The Labute approximate surface area is 136 Å². The summed E-state index contributed by atoms with van der Waals surface area (Å²) in [5.41, 5.74) is 0. The molecule has 118 valence electrons. The van der Waals surface area contributed by atoms with E-state index in [0.29, 0.717) is 0 Å². The molecule has 0 amide bonds. The van der Waals surface area contributed by atoms with E-state index in [4.69, 9.17) is 0 Å². The Balaban J connectivity index is 0.00000361. The van der Waals surface area contributed by atoms with Crippen LogP contribution in [0.4, 0.5) is 0 Å². The van der Waals surface area contributed by atoms with E-state index in [9.17, 15) is 0 Å². The van der Waals surface area contributed by atoms with Gasteiger partial charge in [-0.25, -0.2) is 9.13 Å². The number of aromatic nitrogens is 2. The van der Waals surface area contributed by atoms with Crippen LogP contribution in [0.2, 0.25) is 0 Å². The Hall–Kier alpha value is -0.310. The van der Waals surface area contributed by atoms with E-state index in [2.05, 4.69) is 41.7 Å². The SMILES string of the molecule is CCCCCCCC[n+]1ccn(CCCCCC)c1.[Br-]. The van der Waals surface area contributed by atoms with Gasteiger partial charge in [0.1, 0.15) is 12.4 Å². The fourth-order valence-corrected chi connectivity index (χ4v) is 2.50. The largest absolute Gasteiger partial charge is 1.00 e. The molecule has 0 N–H and O–H groups in total. The van der Waals surface area contributed by atoms with Gasteiger partial charge >= 0.3 is 0 Å². The Morgan fingerprint density at radius 3 is 2.10 bits per heavy atom. The number of halogens is 1. The van der Waals surface area contributed by atoms with Gasteiger partial charge in [0.05, 0.1) is 13.1 Å². The molecule has 0 aromatic carbocycles. The summed E-state index contributed by atoms with van der Waals surface area (Å²) in [6.07, 6.45) is 20.4. The average Bonchev–Trinajstić information content (AvgIpc) is 2.87. The number of hydrogen-bond acceptors (Lipinski definition) is 0. The highest BCUT2D eigenvalue weighted by atomic mass is 79.9. The summed E-state index contributed by atoms with van der Waals surface area (Å²) in [6.45, 7) is 6.92. The van der Waals surface area contributed by atoms with Gasteiger partial charge < -0.3 is 17.0 Å². The zero-order valence-electron chi connectivity index (χ0n) is 13.5. The third-order valence-electron chi connectivity index (χ3n) is 3.79. The predicted octanol–water partition coefficient (Wildman–Crippen LogP) is 1.72. The zero-order chi connectivity index (χ0) is 13.8. The summed E-state index contributed by atoms with van der Waals surface area (Å²) >= 11 is 0. The third kappa shape index (κ3) is 9.57. The van der Waals surface area contributed by atoms with Gasteiger partial charge in [0.15, 0.2) is 0 Å². The first kappa shape index (κ1) is 19.7. The predicted molar refractivity (Wildman–Crippen MR) is 82.1 cm³/mol. The van der Waals surface area contributed by atoms with Crippen LogP contribution in [0, 0.1) is 0 Å². The zero-order valence-corrected chi connectivity index (χ0v) is 15.1. The summed E-state index contributed by atoms with van der Waals surface area (Å²) < 4.78 is 4.69. The second-order valence-corrected chi connectivity index (χ2v) is 5.72. The van der Waals surface area contributed by atoms with E-state index >= 15 is 0 Å². The van der Waals surface area contributed by atoms with E-state index in [1.807, 2.05) is 0 Å². The quantitative estimate of drug-likeness (QED) is 0.403. The fraction of sp³-hybridized carbons (Fsp3) is 0.824. The monoisotopic (exact) mass is 344 g/mol. The molecule has 1 rings (SSSR count). The first-order chi connectivity index (χ1) is 9.36. The number of imidazole rings is 1. The van der Waals surface area contributed by atoms with Gasteiger partial charge in [0, 0.05) is 0 Å². The summed E-state index contributed by atoms with van der Waals surface area (Å²) in [6, 6.07) is 0. The molecule has 2 nitrogen and oxygen atoms in total. The van der Waals surface area contributed by atoms with E-state index in [1.54, 1.807) is 0 Å². The second kappa shape index (κ2) is 13.7. The van der Waals surface area contributed by atoms with Crippen molar-refractivity contribution in [2.75, 3.05) is 0 Å². The van der Waals surface area contributed by atoms with Crippen molar-refractivity contribution in [2.24, 2.45) is 0 Å². The maximum absolute atomic E-state index is 2.35. The second-order valence-electron chi connectivity index (χ2n) is 5.72. The number of rotatable bonds is 12. The van der Waals surface area contributed by atoms with Crippen LogP contribution < -0.4 is 21.5 Å². The molecule has 0 aliphatic rings. The molecule has 1 aromatic heterocycles. The summed E-state index contributed by atoms with van der Waals surface area (Å²) in [4.78, 5) is 0. The molecule has 3 heteroatoms. The van der Waals surface area contributed by atoms with Gasteiger partial charge in [-0.05, 0) is 25.7 Å². The number of unbranched alkanes of at least 4 members (excludes halogenated alkanes) is 8. The van der Waals surface area contributed by atoms with Crippen LogP contribution in [-0.4, -0.2) is 4.57 Å². The molecule has 0 fully saturated rings. The van der Waals surface area contributed by atoms with Crippen molar-refractivity contribution in [3.05, 3.63) is 18.7 Å². The molecular weight excluding hydrogens is 312 g/mol. The van der Waals surface area contributed by atoms with Gasteiger partial charge in [-0.2, -0.15) is 0 Å². The molecule has 0 saturated carbocycles. The van der Waals surface area contributed by atoms with Crippen LogP contribution in [0.25, 0.3) is 0 Å². The number of nitrogens with zero attached hydrogens (tertiary/aromatic N) is 2. The Kier molecular flexibility index (Phi) is 13.5. The lowest BCUT2D eigenvalue weighted by molar-refractivity contribution is -0.696. The molecular formula is C17H33BrN2. The highest BCUT2D eigenvalue weighted by Gasteiger charge is 2.03. The molecule has 1 heterocycles. The molecule has 0 bridgehead atoms. The van der Waals surface area contributed by atoms with Crippen LogP contribution in [-0.2, 0) is 13.1 Å². The Bertz CT molecular complexity index is 310. The van der Waals surface area contributed by atoms with Crippen molar-refractivity contribution in [2.45, 2.75) is 91.1 Å². The van der Waals surface area contributed by atoms with E-state index < -0.39 is 0 Å². The third-order valence-corrected chi connectivity index (χ3v) is 3.79. The summed E-state index contributed by atoms with van der Waals surface area (Å²) in [5.74, 6) is 0. The fourth-order valence-electron chi connectivity index (χ4n) is 2.50. The van der Waals surface area contributed by atoms with Gasteiger partial charge in [-0.15, -0.1) is 0 Å². The smallest absolute Gasteiger partial charge is 0.243 e. The van der Waals surface area contributed by atoms with Crippen LogP contribution >= 0.6 is 0 Å². The molecule has 20 heavy (non-hydrogen) atoms. The lowest BCUT2D eigenvalue weighted by atomic mass is 10.1. The topological polar surface area (TPSA) is 8.81 Å². The maximum atomic E-state index is 2.35. The molecule has 0 aliphatic heterocycles. The van der Waals surface area contributed by atoms with Gasteiger partial charge in [0.25, 0.3) is 0 Å². The van der Waals surface area contributed by atoms with Crippen LogP contribution in [0.5, 0.6) is 0 Å². The van der Waals surface area contributed by atoms with E-state index in [0.717, 1.165) is 0 Å². The lowest BCUT2D eigenvalue weighted by Gasteiger charge is -1.99. The van der Waals surface area contributed by atoms with Crippen LogP contribution in [0.3, 0.4) is 0 Å². The lowest BCUT2D eigenvalue weighted by Crippen LogP contribution is -3.00. The number of aryl methyl sites for hydroxylation is 2. The van der Waals surface area contributed by atoms with Crippen molar-refractivity contribution in [1.29, 1.82) is 0 Å². The Morgan fingerprint density at radius 2 is 1.40 bits per heavy atom. The molecule has 0 spiro atoms. The van der Waals surface area contributed by atoms with Crippen LogP contribution in [0.1, 0.15) is 78.1 Å². The minimum atomic E-state index is 0. The van der Waals surface area contributed by atoms with E-state index in [-0.39, 0.29) is 17.0 Å². The molecule has 0 unspecified atom stereocenters. The van der Waals surface area contributed by atoms with Crippen molar-refractivity contribution in [1.82, 2.24) is 4.57 Å². The van der Waals surface area contributed by atoms with Gasteiger partial charge in [0.2, 0.25) is 6.33 Å². The first-order valence-corrected chi connectivity index (χ1v) is 8.41. The standard InChI is InChI=1S/C17H33N2.BrH/c1-3-5-7-9-10-12-14-19-16-15-18(17-19)13-11-8-6-4-2;/h15-17H,3-14H2,1-2H3;1H/q+1;/p-1. The van der Waals surface area contributed by atoms with Crippen molar-refractivity contribution in [3.8, 4) is 0 Å². The highest BCUT2D eigenvalue weighted by molar-refractivity contribution is 4.66. The number of hydrogen-bond donors (Lipinski definition) is 0. The average molecular weight is 345 g/mol. The van der Waals surface area contributed by atoms with Gasteiger partial charge in [-0.1, -0.05) is 52.4 Å². The highest BCUT2D eigenvalue weighted by Crippen LogP contribution is 2.05. The minimum Gasteiger partial charge on any atom is -1.00 e. The molecule has 0 saturated heterocycles. The van der Waals surface area contributed by atoms with Crippen molar-refractivity contribution < 1.29 is 21.5 Å². The molecule has 0 radical (unpaired) electrons. The molecule has 0 atom stereocenters. The Morgan fingerprint density at radius 1 is 0.800 bits per heavy atom.